The summed E-state index contributed by atoms with van der Waals surface area (Å²) in [6, 6.07) is 0.356. The lowest BCUT2D eigenvalue weighted by atomic mass is 9.67. The molecule has 76 valence electrons. The average Bonchev–Trinajstić information content (AvgIpc) is 2.10. The topological polar surface area (TPSA) is 55.1 Å². The fraction of sp³-hybridized carbons (Fsp3) is 0.900. The van der Waals surface area contributed by atoms with Gasteiger partial charge in [0, 0.05) is 18.5 Å². The van der Waals surface area contributed by atoms with Gasteiger partial charge in [0.2, 0.25) is 5.91 Å². The van der Waals surface area contributed by atoms with Gasteiger partial charge in [0.25, 0.3) is 0 Å². The molecule has 1 saturated carbocycles. The van der Waals surface area contributed by atoms with E-state index in [2.05, 4.69) is 19.2 Å². The van der Waals surface area contributed by atoms with E-state index < -0.39 is 0 Å². The van der Waals surface area contributed by atoms with Gasteiger partial charge < -0.3 is 11.1 Å². The fourth-order valence-electron chi connectivity index (χ4n) is 1.55. The second-order valence-corrected chi connectivity index (χ2v) is 4.73. The second-order valence-electron chi connectivity index (χ2n) is 4.73. The van der Waals surface area contributed by atoms with Gasteiger partial charge in [-0.15, -0.1) is 0 Å². The molecule has 3 heteroatoms. The maximum absolute atomic E-state index is 11.5. The number of nitrogens with one attached hydrogen (secondary N) is 1. The Morgan fingerprint density at radius 1 is 1.69 bits per heavy atom. The van der Waals surface area contributed by atoms with Crippen LogP contribution in [0.15, 0.2) is 0 Å². The Bertz CT molecular complexity index is 201. The monoisotopic (exact) mass is 184 g/mol. The van der Waals surface area contributed by atoms with Crippen LogP contribution >= 0.6 is 0 Å². The maximum Gasteiger partial charge on any atom is 0.224 e. The van der Waals surface area contributed by atoms with E-state index in [0.717, 1.165) is 6.42 Å². The molecule has 1 amide bonds. The molecule has 0 bridgehead atoms. The van der Waals surface area contributed by atoms with Gasteiger partial charge in [0.05, 0.1) is 0 Å². The van der Waals surface area contributed by atoms with Crippen molar-refractivity contribution in [1.29, 1.82) is 0 Å². The van der Waals surface area contributed by atoms with Crippen LogP contribution < -0.4 is 11.1 Å². The van der Waals surface area contributed by atoms with E-state index >= 15 is 0 Å². The molecule has 13 heavy (non-hydrogen) atoms. The van der Waals surface area contributed by atoms with Crippen LogP contribution in [-0.2, 0) is 4.79 Å². The van der Waals surface area contributed by atoms with E-state index in [0.29, 0.717) is 12.6 Å². The maximum atomic E-state index is 11.5. The zero-order valence-electron chi connectivity index (χ0n) is 8.76. The lowest BCUT2D eigenvalue weighted by molar-refractivity contribution is -0.127. The van der Waals surface area contributed by atoms with Crippen molar-refractivity contribution in [3.05, 3.63) is 0 Å². The first-order valence-corrected chi connectivity index (χ1v) is 4.98. The Morgan fingerprint density at radius 2 is 2.31 bits per heavy atom. The molecule has 3 N–H and O–H groups in total. The minimum Gasteiger partial charge on any atom is -0.353 e. The number of hydrogen-bond acceptors (Lipinski definition) is 2. The molecule has 0 aromatic carbocycles. The number of nitrogens with two attached hydrogens (primary N) is 1. The predicted octanol–water partition coefficient (Wildman–Crippen LogP) is 0.886. The van der Waals surface area contributed by atoms with Gasteiger partial charge in [-0.1, -0.05) is 20.8 Å². The van der Waals surface area contributed by atoms with Crippen molar-refractivity contribution in [2.45, 2.75) is 39.7 Å². The van der Waals surface area contributed by atoms with E-state index in [4.69, 9.17) is 5.73 Å². The molecule has 0 spiro atoms. The Hall–Kier alpha value is -0.570. The van der Waals surface area contributed by atoms with Gasteiger partial charge in [0.1, 0.15) is 0 Å². The molecule has 1 fully saturated rings. The number of hydrogen-bond donors (Lipinski definition) is 2. The van der Waals surface area contributed by atoms with Crippen molar-refractivity contribution >= 4 is 5.91 Å². The second kappa shape index (κ2) is 3.66. The van der Waals surface area contributed by atoms with Gasteiger partial charge in [-0.05, 0) is 18.3 Å². The SMILES string of the molecule is CC(CN)C(=O)NC1CCC1(C)C. The summed E-state index contributed by atoms with van der Waals surface area (Å²) in [4.78, 5) is 11.5. The summed E-state index contributed by atoms with van der Waals surface area (Å²) < 4.78 is 0. The van der Waals surface area contributed by atoms with Gasteiger partial charge >= 0.3 is 0 Å². The highest BCUT2D eigenvalue weighted by Crippen LogP contribution is 2.39. The molecule has 2 atom stereocenters. The zero-order chi connectivity index (χ0) is 10.1. The van der Waals surface area contributed by atoms with Crippen LogP contribution in [0.3, 0.4) is 0 Å². The van der Waals surface area contributed by atoms with Crippen molar-refractivity contribution < 1.29 is 4.79 Å². The Kier molecular flexibility index (Phi) is 2.96. The third kappa shape index (κ3) is 2.21. The van der Waals surface area contributed by atoms with E-state index in [-0.39, 0.29) is 17.2 Å². The van der Waals surface area contributed by atoms with Crippen molar-refractivity contribution in [2.24, 2.45) is 17.1 Å². The summed E-state index contributed by atoms with van der Waals surface area (Å²) >= 11 is 0. The summed E-state index contributed by atoms with van der Waals surface area (Å²) in [5.41, 5.74) is 5.70. The standard InChI is InChI=1S/C10H20N2O/c1-7(6-11)9(13)12-8-4-5-10(8,2)3/h7-8H,4-6,11H2,1-3H3,(H,12,13). The number of amides is 1. The van der Waals surface area contributed by atoms with E-state index in [1.165, 1.54) is 6.42 Å². The summed E-state index contributed by atoms with van der Waals surface area (Å²) in [6.45, 7) is 6.67. The van der Waals surface area contributed by atoms with E-state index in [1.807, 2.05) is 6.92 Å². The third-order valence-corrected chi connectivity index (χ3v) is 3.14. The molecule has 1 rings (SSSR count). The molecular weight excluding hydrogens is 164 g/mol. The molecule has 0 aromatic rings. The minimum atomic E-state index is -0.0589. The largest absolute Gasteiger partial charge is 0.353 e. The van der Waals surface area contributed by atoms with Crippen LogP contribution in [0.5, 0.6) is 0 Å². The fourth-order valence-corrected chi connectivity index (χ4v) is 1.55. The summed E-state index contributed by atoms with van der Waals surface area (Å²) in [5, 5.41) is 3.04. The van der Waals surface area contributed by atoms with Gasteiger partial charge in [-0.2, -0.15) is 0 Å². The minimum absolute atomic E-state index is 0.0589. The molecule has 0 heterocycles. The van der Waals surface area contributed by atoms with Crippen molar-refractivity contribution in [3.8, 4) is 0 Å². The van der Waals surface area contributed by atoms with Crippen LogP contribution in [0.2, 0.25) is 0 Å². The van der Waals surface area contributed by atoms with Gasteiger partial charge in [-0.3, -0.25) is 4.79 Å². The van der Waals surface area contributed by atoms with Crippen molar-refractivity contribution in [1.82, 2.24) is 5.32 Å². The lowest BCUT2D eigenvalue weighted by Gasteiger charge is -2.45. The smallest absolute Gasteiger partial charge is 0.224 e. The van der Waals surface area contributed by atoms with Crippen LogP contribution in [0.4, 0.5) is 0 Å². The zero-order valence-corrected chi connectivity index (χ0v) is 8.76. The van der Waals surface area contributed by atoms with Crippen LogP contribution in [0.1, 0.15) is 33.6 Å². The molecule has 0 saturated heterocycles. The molecule has 1 aliphatic rings. The number of carbonyl (C=O) groups excluding carboxylic acids is 1. The van der Waals surface area contributed by atoms with Gasteiger partial charge in [-0.25, -0.2) is 0 Å². The summed E-state index contributed by atoms with van der Waals surface area (Å²) in [6.07, 6.45) is 2.31. The third-order valence-electron chi connectivity index (χ3n) is 3.14. The van der Waals surface area contributed by atoms with Crippen LogP contribution in [-0.4, -0.2) is 18.5 Å². The normalized spacial score (nSPS) is 27.5. The molecule has 2 unspecified atom stereocenters. The summed E-state index contributed by atoms with van der Waals surface area (Å²) in [7, 11) is 0. The highest BCUT2D eigenvalue weighted by molar-refractivity contribution is 5.79. The predicted molar refractivity (Wildman–Crippen MR) is 53.2 cm³/mol. The van der Waals surface area contributed by atoms with Crippen LogP contribution in [0, 0.1) is 11.3 Å². The van der Waals surface area contributed by atoms with Crippen molar-refractivity contribution in [2.75, 3.05) is 6.54 Å². The van der Waals surface area contributed by atoms with Crippen molar-refractivity contribution in [3.63, 3.8) is 0 Å². The van der Waals surface area contributed by atoms with E-state index in [9.17, 15) is 4.79 Å². The molecule has 3 nitrogen and oxygen atoms in total. The first-order valence-electron chi connectivity index (χ1n) is 4.98. The van der Waals surface area contributed by atoms with Crippen LogP contribution in [0.25, 0.3) is 0 Å². The molecule has 0 aromatic heterocycles. The molecule has 1 aliphatic carbocycles. The highest BCUT2D eigenvalue weighted by Gasteiger charge is 2.39. The number of rotatable bonds is 3. The lowest BCUT2D eigenvalue weighted by Crippen LogP contribution is -2.53. The average molecular weight is 184 g/mol. The molecule has 0 radical (unpaired) electrons. The quantitative estimate of drug-likeness (QED) is 0.684. The Labute approximate surface area is 80.1 Å². The first kappa shape index (κ1) is 10.5. The van der Waals surface area contributed by atoms with Gasteiger partial charge in [0.15, 0.2) is 0 Å². The Morgan fingerprint density at radius 3 is 2.62 bits per heavy atom. The highest BCUT2D eigenvalue weighted by atomic mass is 16.1. The molecule has 0 aliphatic heterocycles. The molecular formula is C10H20N2O. The summed E-state index contributed by atoms with van der Waals surface area (Å²) in [5.74, 6) is 0.0386. The number of carbonyl (C=O) groups is 1. The first-order chi connectivity index (χ1) is 5.97. The van der Waals surface area contributed by atoms with E-state index in [1.54, 1.807) is 0 Å². The Balaban J connectivity index is 2.37.